The number of non-ortho nitro benzene ring substituents is 1. The van der Waals surface area contributed by atoms with E-state index in [1.54, 1.807) is 0 Å². The van der Waals surface area contributed by atoms with E-state index in [9.17, 15) is 33.2 Å². The van der Waals surface area contributed by atoms with E-state index >= 15 is 0 Å². The van der Waals surface area contributed by atoms with E-state index in [1.165, 1.54) is 24.3 Å². The topological polar surface area (TPSA) is 203 Å². The van der Waals surface area contributed by atoms with Crippen LogP contribution in [0, 0.1) is 10.1 Å². The van der Waals surface area contributed by atoms with Crippen LogP contribution in [0.5, 0.6) is 5.75 Å². The number of anilines is 2. The van der Waals surface area contributed by atoms with Crippen molar-refractivity contribution in [1.29, 1.82) is 0 Å². The second-order valence-corrected chi connectivity index (χ2v) is 7.57. The summed E-state index contributed by atoms with van der Waals surface area (Å²) in [5.41, 5.74) is 2.80. The molecule has 0 amide bonds. The van der Waals surface area contributed by atoms with Gasteiger partial charge >= 0.3 is 29.6 Å². The summed E-state index contributed by atoms with van der Waals surface area (Å²) in [6.07, 6.45) is 0. The van der Waals surface area contributed by atoms with Gasteiger partial charge in [-0.25, -0.2) is 0 Å². The van der Waals surface area contributed by atoms with Crippen molar-refractivity contribution < 1.29 is 52.6 Å². The summed E-state index contributed by atoms with van der Waals surface area (Å²) in [5, 5.41) is 29.1. The zero-order valence-corrected chi connectivity index (χ0v) is 19.6. The van der Waals surface area contributed by atoms with Crippen LogP contribution in [0.3, 0.4) is 0 Å². The van der Waals surface area contributed by atoms with Crippen molar-refractivity contribution in [2.75, 3.05) is 10.9 Å². The largest absolute Gasteiger partial charge is 1.00 e. The van der Waals surface area contributed by atoms with Gasteiger partial charge in [0.15, 0.2) is 5.36 Å². The molecule has 0 spiro atoms. The van der Waals surface area contributed by atoms with Crippen molar-refractivity contribution in [3.8, 4) is 5.75 Å². The van der Waals surface area contributed by atoms with E-state index in [1.807, 2.05) is 0 Å². The SMILES string of the molecule is O=c1cc/c(=N\Nc2cc(S(=O)(=O)O)ccc2[O-])c(=O)/c1=N\Nc1ccc([N+](=O)[O-])cc1.[Na+]. The van der Waals surface area contributed by atoms with Crippen molar-refractivity contribution in [3.63, 3.8) is 0 Å². The van der Waals surface area contributed by atoms with Crippen LogP contribution in [0.15, 0.2) is 79.3 Å². The maximum atomic E-state index is 12.5. The molecular formula is C18H12N5NaO8S. The van der Waals surface area contributed by atoms with Gasteiger partial charge in [0.2, 0.25) is 10.9 Å². The standard InChI is InChI=1S/C18H13N5O8S.Na/c24-15-7-5-12(32(29,30)31)9-14(15)21-20-13-6-8-16(25)17(18(13)26)22-19-10-1-3-11(4-2-10)23(27)28;/h1-9,19,21,24H,(H,29,30,31);/q;+1/p-1/b20-13+,22-17-;. The van der Waals surface area contributed by atoms with Crippen LogP contribution in [0.2, 0.25) is 0 Å². The molecule has 0 saturated carbocycles. The molecule has 3 rings (SSSR count). The first-order valence-electron chi connectivity index (χ1n) is 8.54. The molecule has 3 N–H and O–H groups in total. The van der Waals surface area contributed by atoms with E-state index in [2.05, 4.69) is 21.1 Å². The average Bonchev–Trinajstić information content (AvgIpc) is 2.73. The zero-order valence-electron chi connectivity index (χ0n) is 16.8. The first kappa shape index (κ1) is 25.8. The number of hydrogen-bond acceptors (Lipinski definition) is 11. The first-order valence-corrected chi connectivity index (χ1v) is 9.98. The average molecular weight is 481 g/mol. The number of nitrogens with zero attached hydrogens (tertiary/aromatic N) is 3. The fourth-order valence-electron chi connectivity index (χ4n) is 2.39. The van der Waals surface area contributed by atoms with Crippen LogP contribution in [-0.4, -0.2) is 17.9 Å². The molecule has 0 unspecified atom stereocenters. The smallest absolute Gasteiger partial charge is 0.871 e. The van der Waals surface area contributed by atoms with E-state index in [4.69, 9.17) is 4.55 Å². The second-order valence-electron chi connectivity index (χ2n) is 6.14. The third-order valence-electron chi connectivity index (χ3n) is 3.99. The van der Waals surface area contributed by atoms with Crippen molar-refractivity contribution in [3.05, 3.63) is 95.9 Å². The van der Waals surface area contributed by atoms with Crippen molar-refractivity contribution in [2.24, 2.45) is 10.2 Å². The molecule has 13 nitrogen and oxygen atoms in total. The first-order chi connectivity index (χ1) is 15.1. The predicted molar refractivity (Wildman–Crippen MR) is 109 cm³/mol. The van der Waals surface area contributed by atoms with Crippen LogP contribution in [0.4, 0.5) is 17.1 Å². The van der Waals surface area contributed by atoms with Gasteiger partial charge in [-0.3, -0.25) is 35.1 Å². The number of benzene rings is 3. The Balaban J connectivity index is 0.00000385. The van der Waals surface area contributed by atoms with Gasteiger partial charge in [0.1, 0.15) is 5.36 Å². The molecule has 15 heteroatoms. The van der Waals surface area contributed by atoms with Crippen LogP contribution in [0.25, 0.3) is 0 Å². The van der Waals surface area contributed by atoms with Gasteiger partial charge < -0.3 is 5.11 Å². The Hall–Kier alpha value is -3.43. The normalized spacial score (nSPS) is 12.2. The summed E-state index contributed by atoms with van der Waals surface area (Å²) >= 11 is 0. The van der Waals surface area contributed by atoms with Crippen LogP contribution in [-0.2, 0) is 10.1 Å². The predicted octanol–water partition coefficient (Wildman–Crippen LogP) is -3.63. The zero-order chi connectivity index (χ0) is 23.5. The summed E-state index contributed by atoms with van der Waals surface area (Å²) < 4.78 is 31.5. The molecule has 0 bridgehead atoms. The Morgan fingerprint density at radius 3 is 2.21 bits per heavy atom. The van der Waals surface area contributed by atoms with Crippen LogP contribution < -0.4 is 67.1 Å². The molecule has 33 heavy (non-hydrogen) atoms. The molecule has 0 radical (unpaired) electrons. The maximum Gasteiger partial charge on any atom is 1.00 e. The Morgan fingerprint density at radius 2 is 1.61 bits per heavy atom. The molecule has 0 saturated heterocycles. The van der Waals surface area contributed by atoms with Gasteiger partial charge in [0.05, 0.1) is 15.5 Å². The van der Waals surface area contributed by atoms with Crippen molar-refractivity contribution >= 4 is 27.2 Å². The molecule has 0 fully saturated rings. The van der Waals surface area contributed by atoms with Crippen molar-refractivity contribution in [2.45, 2.75) is 4.90 Å². The van der Waals surface area contributed by atoms with E-state index in [0.717, 1.165) is 30.3 Å². The summed E-state index contributed by atoms with van der Waals surface area (Å²) in [7, 11) is -4.57. The van der Waals surface area contributed by atoms with Gasteiger partial charge in [0.25, 0.3) is 15.8 Å². The number of rotatable bonds is 6. The maximum absolute atomic E-state index is 12.5. The molecule has 0 aromatic heterocycles. The van der Waals surface area contributed by atoms with E-state index in [0.29, 0.717) is 0 Å². The summed E-state index contributed by atoms with van der Waals surface area (Å²) in [5.74, 6) is -0.668. The number of hydrogen-bond donors (Lipinski definition) is 3. The molecule has 164 valence electrons. The molecule has 3 aromatic carbocycles. The third kappa shape index (κ3) is 6.30. The molecule has 0 aliphatic rings. The molecular weight excluding hydrogens is 469 g/mol. The van der Waals surface area contributed by atoms with Crippen LogP contribution >= 0.6 is 0 Å². The Labute approximate surface area is 206 Å². The minimum Gasteiger partial charge on any atom is -0.871 e. The van der Waals surface area contributed by atoms with Crippen LogP contribution in [0.1, 0.15) is 0 Å². The molecule has 0 aliphatic heterocycles. The number of nitro benzene ring substituents is 1. The minimum atomic E-state index is -4.57. The summed E-state index contributed by atoms with van der Waals surface area (Å²) in [6, 6.07) is 9.73. The molecule has 3 aromatic rings. The van der Waals surface area contributed by atoms with E-state index < -0.39 is 41.9 Å². The van der Waals surface area contributed by atoms with Crippen molar-refractivity contribution in [1.82, 2.24) is 0 Å². The second kappa shape index (κ2) is 10.5. The fraction of sp³-hybridized carbons (Fsp3) is 0. The van der Waals surface area contributed by atoms with Gasteiger partial charge in [0, 0.05) is 17.8 Å². The Bertz CT molecular complexity index is 1530. The Kier molecular flexibility index (Phi) is 8.18. The molecule has 0 aliphatic carbocycles. The fourth-order valence-corrected chi connectivity index (χ4v) is 2.90. The van der Waals surface area contributed by atoms with Gasteiger partial charge in [-0.15, -0.1) is 0 Å². The van der Waals surface area contributed by atoms with Gasteiger partial charge in [-0.05, 0) is 36.4 Å². The van der Waals surface area contributed by atoms with E-state index in [-0.39, 0.29) is 52.0 Å². The third-order valence-corrected chi connectivity index (χ3v) is 4.84. The molecule has 0 heterocycles. The summed E-state index contributed by atoms with van der Waals surface area (Å²) in [4.78, 5) is 34.0. The van der Waals surface area contributed by atoms with Gasteiger partial charge in [-0.2, -0.15) is 18.6 Å². The molecule has 0 atom stereocenters. The number of nitrogens with one attached hydrogen (secondary N) is 2. The summed E-state index contributed by atoms with van der Waals surface area (Å²) in [6.45, 7) is 0. The Morgan fingerprint density at radius 1 is 0.939 bits per heavy atom. The quantitative estimate of drug-likeness (QED) is 0.136. The number of nitro groups is 1. The minimum absolute atomic E-state index is 0. The monoisotopic (exact) mass is 481 g/mol. The van der Waals surface area contributed by atoms with Gasteiger partial charge in [-0.1, -0.05) is 11.8 Å².